The summed E-state index contributed by atoms with van der Waals surface area (Å²) in [7, 11) is 0. The van der Waals surface area contributed by atoms with E-state index in [4.69, 9.17) is 9.84 Å². The molecule has 0 aliphatic heterocycles. The van der Waals surface area contributed by atoms with E-state index in [1.165, 1.54) is 0 Å². The Kier molecular flexibility index (Phi) is 7.69. The summed E-state index contributed by atoms with van der Waals surface area (Å²) in [5, 5.41) is 13.4. The minimum atomic E-state index is -0.804. The van der Waals surface area contributed by atoms with Gasteiger partial charge in [-0.2, -0.15) is 5.10 Å². The zero-order valence-electron chi connectivity index (χ0n) is 15.7. The van der Waals surface area contributed by atoms with Crippen molar-refractivity contribution in [2.45, 2.75) is 53.0 Å². The largest absolute Gasteiger partial charge is 0.493 e. The van der Waals surface area contributed by atoms with Crippen LogP contribution in [0.5, 0.6) is 5.75 Å². The fourth-order valence-corrected chi connectivity index (χ4v) is 3.21. The average molecular weight is 423 g/mol. The molecule has 0 fully saturated rings. The minimum Gasteiger partial charge on any atom is -0.493 e. The van der Waals surface area contributed by atoms with Crippen LogP contribution in [-0.4, -0.2) is 27.5 Å². The van der Waals surface area contributed by atoms with Gasteiger partial charge in [0.1, 0.15) is 5.75 Å². The van der Waals surface area contributed by atoms with Gasteiger partial charge in [0.25, 0.3) is 0 Å². The van der Waals surface area contributed by atoms with Gasteiger partial charge in [-0.1, -0.05) is 42.6 Å². The lowest BCUT2D eigenvalue weighted by molar-refractivity contribution is -0.136. The number of carboxylic acid groups (broad SMARTS) is 1. The molecule has 142 valence electrons. The number of hydrogen-bond acceptors (Lipinski definition) is 3. The lowest BCUT2D eigenvalue weighted by Gasteiger charge is -2.17. The van der Waals surface area contributed by atoms with Crippen molar-refractivity contribution in [2.75, 3.05) is 6.61 Å². The lowest BCUT2D eigenvalue weighted by atomic mass is 10.1. The number of carbonyl (C=O) groups is 1. The Morgan fingerprint density at radius 2 is 2.04 bits per heavy atom. The molecule has 1 aromatic carbocycles. The second-order valence-corrected chi connectivity index (χ2v) is 7.49. The Labute approximate surface area is 163 Å². The zero-order valence-corrected chi connectivity index (χ0v) is 17.3. The number of aromatic nitrogens is 2. The fraction of sp³-hybridized carbons (Fsp3) is 0.500. The number of ether oxygens (including phenoxy) is 1. The standard InChI is InChI=1S/C20H27BrN2O3/c1-4-15(5-2)13-26-19-8-6-17(21)11-16(19)12-23-14(3)10-18(22-23)7-9-20(24)25/h6,8,10-11,15H,4-5,7,9,12-13H2,1-3H3,(H,24,25). The number of aliphatic carboxylic acids is 1. The van der Waals surface area contributed by atoms with Gasteiger partial charge < -0.3 is 9.84 Å². The van der Waals surface area contributed by atoms with E-state index < -0.39 is 5.97 Å². The fourth-order valence-electron chi connectivity index (χ4n) is 2.80. The van der Waals surface area contributed by atoms with Crippen LogP contribution in [0, 0.1) is 12.8 Å². The smallest absolute Gasteiger partial charge is 0.303 e. The molecular formula is C20H27BrN2O3. The first-order valence-electron chi connectivity index (χ1n) is 9.09. The third kappa shape index (κ3) is 5.87. The van der Waals surface area contributed by atoms with Crippen molar-refractivity contribution in [3.05, 3.63) is 45.7 Å². The molecule has 1 heterocycles. The first-order valence-corrected chi connectivity index (χ1v) is 9.88. The van der Waals surface area contributed by atoms with Gasteiger partial charge >= 0.3 is 5.97 Å². The maximum atomic E-state index is 10.8. The minimum absolute atomic E-state index is 0.0944. The molecule has 0 aliphatic rings. The predicted octanol–water partition coefficient (Wildman–Crippen LogP) is 4.83. The summed E-state index contributed by atoms with van der Waals surface area (Å²) < 4.78 is 9.00. The summed E-state index contributed by atoms with van der Waals surface area (Å²) in [6.45, 7) is 7.66. The summed E-state index contributed by atoms with van der Waals surface area (Å²) in [4.78, 5) is 10.8. The van der Waals surface area contributed by atoms with Gasteiger partial charge in [0.05, 0.1) is 25.3 Å². The van der Waals surface area contributed by atoms with Crippen molar-refractivity contribution in [1.82, 2.24) is 9.78 Å². The van der Waals surface area contributed by atoms with E-state index in [-0.39, 0.29) is 6.42 Å². The van der Waals surface area contributed by atoms with Gasteiger partial charge in [-0.15, -0.1) is 0 Å². The summed E-state index contributed by atoms with van der Waals surface area (Å²) in [6.07, 6.45) is 2.75. The van der Waals surface area contributed by atoms with Crippen LogP contribution in [0.4, 0.5) is 0 Å². The molecule has 2 aromatic rings. The van der Waals surface area contributed by atoms with Gasteiger partial charge in [-0.05, 0) is 37.1 Å². The van der Waals surface area contributed by atoms with Crippen molar-refractivity contribution < 1.29 is 14.6 Å². The normalized spacial score (nSPS) is 11.1. The molecule has 6 heteroatoms. The zero-order chi connectivity index (χ0) is 19.1. The Hall–Kier alpha value is -1.82. The SMILES string of the molecule is CCC(CC)COc1ccc(Br)cc1Cn1nc(CCC(=O)O)cc1C. The van der Waals surface area contributed by atoms with E-state index in [0.717, 1.165) is 40.0 Å². The van der Waals surface area contributed by atoms with Gasteiger partial charge in [-0.25, -0.2) is 0 Å². The van der Waals surface area contributed by atoms with Crippen LogP contribution in [0.25, 0.3) is 0 Å². The van der Waals surface area contributed by atoms with Crippen molar-refractivity contribution in [3.63, 3.8) is 0 Å². The van der Waals surface area contributed by atoms with Crippen LogP contribution in [0.15, 0.2) is 28.7 Å². The molecule has 0 saturated heterocycles. The molecule has 0 spiro atoms. The Balaban J connectivity index is 2.15. The maximum Gasteiger partial charge on any atom is 0.303 e. The van der Waals surface area contributed by atoms with Gasteiger partial charge in [-0.3, -0.25) is 9.48 Å². The number of nitrogens with zero attached hydrogens (tertiary/aromatic N) is 2. The van der Waals surface area contributed by atoms with Crippen LogP contribution in [0.1, 0.15) is 50.1 Å². The van der Waals surface area contributed by atoms with Crippen LogP contribution in [0.2, 0.25) is 0 Å². The summed E-state index contributed by atoms with van der Waals surface area (Å²) >= 11 is 3.53. The predicted molar refractivity (Wildman–Crippen MR) is 106 cm³/mol. The van der Waals surface area contributed by atoms with Crippen LogP contribution in [0.3, 0.4) is 0 Å². The van der Waals surface area contributed by atoms with Gasteiger partial charge in [0.15, 0.2) is 0 Å². The number of carboxylic acids is 1. The summed E-state index contributed by atoms with van der Waals surface area (Å²) in [5.74, 6) is 0.629. The highest BCUT2D eigenvalue weighted by atomic mass is 79.9. The Morgan fingerprint density at radius 1 is 1.31 bits per heavy atom. The van der Waals surface area contributed by atoms with Crippen LogP contribution in [-0.2, 0) is 17.8 Å². The highest BCUT2D eigenvalue weighted by molar-refractivity contribution is 9.10. The molecule has 0 radical (unpaired) electrons. The van der Waals surface area contributed by atoms with Crippen LogP contribution < -0.4 is 4.74 Å². The second kappa shape index (κ2) is 9.76. The molecule has 0 amide bonds. The molecule has 5 nitrogen and oxygen atoms in total. The van der Waals surface area contributed by atoms with Crippen LogP contribution >= 0.6 is 15.9 Å². The van der Waals surface area contributed by atoms with Crippen molar-refractivity contribution in [2.24, 2.45) is 5.92 Å². The molecule has 2 rings (SSSR count). The van der Waals surface area contributed by atoms with E-state index in [2.05, 4.69) is 40.9 Å². The monoisotopic (exact) mass is 422 g/mol. The highest BCUT2D eigenvalue weighted by Crippen LogP contribution is 2.26. The molecule has 0 aliphatic carbocycles. The molecule has 0 unspecified atom stereocenters. The lowest BCUT2D eigenvalue weighted by Crippen LogP contribution is -2.12. The highest BCUT2D eigenvalue weighted by Gasteiger charge is 2.12. The third-order valence-corrected chi connectivity index (χ3v) is 5.09. The van der Waals surface area contributed by atoms with Crippen molar-refractivity contribution in [1.29, 1.82) is 0 Å². The number of aryl methyl sites for hydroxylation is 2. The molecule has 26 heavy (non-hydrogen) atoms. The van der Waals surface area contributed by atoms with Crippen molar-refractivity contribution >= 4 is 21.9 Å². The molecular weight excluding hydrogens is 396 g/mol. The quantitative estimate of drug-likeness (QED) is 0.594. The number of rotatable bonds is 10. The molecule has 1 aromatic heterocycles. The Morgan fingerprint density at radius 3 is 2.69 bits per heavy atom. The first-order chi connectivity index (χ1) is 12.4. The average Bonchev–Trinajstić information content (AvgIpc) is 2.95. The van der Waals surface area contributed by atoms with E-state index in [1.807, 2.05) is 29.8 Å². The van der Waals surface area contributed by atoms with Gasteiger partial charge in [0, 0.05) is 22.2 Å². The summed E-state index contributed by atoms with van der Waals surface area (Å²) in [5.41, 5.74) is 2.87. The molecule has 0 bridgehead atoms. The topological polar surface area (TPSA) is 64.4 Å². The Bertz CT molecular complexity index is 739. The number of halogens is 1. The van der Waals surface area contributed by atoms with E-state index >= 15 is 0 Å². The second-order valence-electron chi connectivity index (χ2n) is 6.57. The van der Waals surface area contributed by atoms with E-state index in [9.17, 15) is 4.79 Å². The number of benzene rings is 1. The maximum absolute atomic E-state index is 10.8. The van der Waals surface area contributed by atoms with E-state index in [0.29, 0.717) is 25.5 Å². The molecule has 0 atom stereocenters. The number of hydrogen-bond donors (Lipinski definition) is 1. The van der Waals surface area contributed by atoms with Crippen molar-refractivity contribution in [3.8, 4) is 5.75 Å². The first kappa shape index (κ1) is 20.5. The van der Waals surface area contributed by atoms with E-state index in [1.54, 1.807) is 0 Å². The van der Waals surface area contributed by atoms with Gasteiger partial charge in [0.2, 0.25) is 0 Å². The summed E-state index contributed by atoms with van der Waals surface area (Å²) in [6, 6.07) is 7.98. The molecule has 0 saturated carbocycles. The third-order valence-electron chi connectivity index (χ3n) is 4.60. The molecule has 1 N–H and O–H groups in total.